The van der Waals surface area contributed by atoms with Crippen molar-refractivity contribution >= 4 is 0 Å². The molecule has 0 bridgehead atoms. The fourth-order valence-electron chi connectivity index (χ4n) is 1.68. The van der Waals surface area contributed by atoms with Crippen molar-refractivity contribution in [2.45, 2.75) is 20.0 Å². The molecule has 0 amide bonds. The Morgan fingerprint density at radius 2 is 2.50 bits per heavy atom. The molecule has 4 heteroatoms. The van der Waals surface area contributed by atoms with Gasteiger partial charge in [-0.2, -0.15) is 0 Å². The lowest BCUT2D eigenvalue weighted by atomic mass is 10.2. The lowest BCUT2D eigenvalue weighted by Crippen LogP contribution is -2.23. The van der Waals surface area contributed by atoms with Gasteiger partial charge in [-0.25, -0.2) is 4.98 Å². The summed E-state index contributed by atoms with van der Waals surface area (Å²) in [4.78, 5) is 4.03. The van der Waals surface area contributed by atoms with Gasteiger partial charge in [0.2, 0.25) is 0 Å². The second-order valence-electron chi connectivity index (χ2n) is 4.13. The Balaban J connectivity index is 1.66. The summed E-state index contributed by atoms with van der Waals surface area (Å²) in [7, 11) is 0. The van der Waals surface area contributed by atoms with Crippen LogP contribution in [0.2, 0.25) is 0 Å². The fourth-order valence-corrected chi connectivity index (χ4v) is 1.68. The molecule has 2 aromatic rings. The number of furan rings is 1. The van der Waals surface area contributed by atoms with Gasteiger partial charge in [0.05, 0.1) is 18.9 Å². The van der Waals surface area contributed by atoms with Crippen LogP contribution in [-0.2, 0) is 13.1 Å². The van der Waals surface area contributed by atoms with Crippen LogP contribution in [0, 0.1) is 5.92 Å². The van der Waals surface area contributed by atoms with Gasteiger partial charge in [-0.3, -0.25) is 0 Å². The van der Waals surface area contributed by atoms with E-state index in [-0.39, 0.29) is 0 Å². The van der Waals surface area contributed by atoms with Gasteiger partial charge in [0, 0.05) is 31.0 Å². The molecule has 4 nitrogen and oxygen atoms in total. The van der Waals surface area contributed by atoms with Crippen LogP contribution < -0.4 is 5.32 Å². The summed E-state index contributed by atoms with van der Waals surface area (Å²) in [6, 6.07) is 1.98. The maximum Gasteiger partial charge on any atom is 0.0947 e. The van der Waals surface area contributed by atoms with Crippen molar-refractivity contribution in [1.29, 1.82) is 0 Å². The van der Waals surface area contributed by atoms with Crippen LogP contribution in [-0.4, -0.2) is 16.1 Å². The maximum absolute atomic E-state index is 5.00. The first-order valence-electron chi connectivity index (χ1n) is 5.52. The van der Waals surface area contributed by atoms with Crippen molar-refractivity contribution in [3.63, 3.8) is 0 Å². The Hall–Kier alpha value is -1.55. The Morgan fingerprint density at radius 3 is 3.19 bits per heavy atom. The van der Waals surface area contributed by atoms with Crippen molar-refractivity contribution in [3.8, 4) is 0 Å². The normalized spacial score (nSPS) is 12.8. The van der Waals surface area contributed by atoms with Crippen molar-refractivity contribution in [3.05, 3.63) is 42.9 Å². The number of nitrogens with one attached hydrogen (secondary N) is 1. The van der Waals surface area contributed by atoms with E-state index < -0.39 is 0 Å². The van der Waals surface area contributed by atoms with Crippen molar-refractivity contribution in [1.82, 2.24) is 14.9 Å². The van der Waals surface area contributed by atoms with Gasteiger partial charge in [-0.1, -0.05) is 6.92 Å². The lowest BCUT2D eigenvalue weighted by Gasteiger charge is -2.12. The number of nitrogens with zero attached hydrogens (tertiary/aromatic N) is 2. The van der Waals surface area contributed by atoms with Crippen LogP contribution in [0.1, 0.15) is 12.5 Å². The predicted octanol–water partition coefficient (Wildman–Crippen LogP) is 1.90. The van der Waals surface area contributed by atoms with Gasteiger partial charge in [0.15, 0.2) is 0 Å². The van der Waals surface area contributed by atoms with Crippen molar-refractivity contribution < 1.29 is 4.42 Å². The van der Waals surface area contributed by atoms with E-state index in [4.69, 9.17) is 4.42 Å². The van der Waals surface area contributed by atoms with Gasteiger partial charge in [-0.05, 0) is 18.5 Å². The van der Waals surface area contributed by atoms with Crippen molar-refractivity contribution in [2.24, 2.45) is 5.92 Å². The molecule has 1 atom stereocenters. The maximum atomic E-state index is 5.00. The standard InChI is InChI=1S/C12H17N3O/c1-11(8-15-4-3-13-10-15)6-14-7-12-2-5-16-9-12/h2-5,9-11,14H,6-8H2,1H3. The molecule has 2 aromatic heterocycles. The summed E-state index contributed by atoms with van der Waals surface area (Å²) in [6.45, 7) is 5.08. The first kappa shape index (κ1) is 11.0. The van der Waals surface area contributed by atoms with Gasteiger partial charge in [0.1, 0.15) is 0 Å². The molecule has 1 unspecified atom stereocenters. The van der Waals surface area contributed by atoms with Gasteiger partial charge < -0.3 is 14.3 Å². The number of hydrogen-bond donors (Lipinski definition) is 1. The van der Waals surface area contributed by atoms with Gasteiger partial charge >= 0.3 is 0 Å². The summed E-state index contributed by atoms with van der Waals surface area (Å²) in [5, 5.41) is 3.41. The Kier molecular flexibility index (Phi) is 3.77. The van der Waals surface area contributed by atoms with Crippen molar-refractivity contribution in [2.75, 3.05) is 6.54 Å². The molecule has 0 aromatic carbocycles. The summed E-state index contributed by atoms with van der Waals surface area (Å²) in [5.74, 6) is 0.584. The molecular formula is C12H17N3O. The van der Waals surface area contributed by atoms with Crippen LogP contribution in [0.5, 0.6) is 0 Å². The minimum Gasteiger partial charge on any atom is -0.472 e. The van der Waals surface area contributed by atoms with E-state index in [0.29, 0.717) is 5.92 Å². The summed E-state index contributed by atoms with van der Waals surface area (Å²) < 4.78 is 7.11. The minimum absolute atomic E-state index is 0.584. The molecule has 86 valence electrons. The summed E-state index contributed by atoms with van der Waals surface area (Å²) in [6.07, 6.45) is 9.13. The zero-order valence-electron chi connectivity index (χ0n) is 9.47. The molecule has 0 spiro atoms. The molecule has 2 heterocycles. The Morgan fingerprint density at radius 1 is 1.56 bits per heavy atom. The molecule has 0 saturated carbocycles. The molecule has 0 saturated heterocycles. The first-order chi connectivity index (χ1) is 7.84. The number of hydrogen-bond acceptors (Lipinski definition) is 3. The smallest absolute Gasteiger partial charge is 0.0947 e. The van der Waals surface area contributed by atoms with E-state index in [0.717, 1.165) is 19.6 Å². The highest BCUT2D eigenvalue weighted by Gasteiger charge is 2.02. The van der Waals surface area contributed by atoms with E-state index >= 15 is 0 Å². The van der Waals surface area contributed by atoms with Crippen LogP contribution >= 0.6 is 0 Å². The molecular weight excluding hydrogens is 202 g/mol. The van der Waals surface area contributed by atoms with Crippen LogP contribution in [0.15, 0.2) is 41.7 Å². The summed E-state index contributed by atoms with van der Waals surface area (Å²) in [5.41, 5.74) is 1.19. The average molecular weight is 219 g/mol. The molecule has 2 rings (SSSR count). The lowest BCUT2D eigenvalue weighted by molar-refractivity contribution is 0.444. The highest BCUT2D eigenvalue weighted by atomic mass is 16.3. The third kappa shape index (κ3) is 3.24. The van der Waals surface area contributed by atoms with Crippen LogP contribution in [0.3, 0.4) is 0 Å². The van der Waals surface area contributed by atoms with Gasteiger partial charge in [0.25, 0.3) is 0 Å². The molecule has 0 aliphatic heterocycles. The van der Waals surface area contributed by atoms with Gasteiger partial charge in [-0.15, -0.1) is 0 Å². The Bertz CT molecular complexity index is 380. The molecule has 0 fully saturated rings. The number of rotatable bonds is 6. The number of aromatic nitrogens is 2. The second-order valence-corrected chi connectivity index (χ2v) is 4.13. The summed E-state index contributed by atoms with van der Waals surface area (Å²) >= 11 is 0. The average Bonchev–Trinajstić information content (AvgIpc) is 2.90. The third-order valence-corrected chi connectivity index (χ3v) is 2.48. The number of imidazole rings is 1. The zero-order valence-corrected chi connectivity index (χ0v) is 9.47. The topological polar surface area (TPSA) is 43.0 Å². The van der Waals surface area contributed by atoms with E-state index in [1.54, 1.807) is 12.5 Å². The molecule has 1 N–H and O–H groups in total. The quantitative estimate of drug-likeness (QED) is 0.807. The molecule has 16 heavy (non-hydrogen) atoms. The highest BCUT2D eigenvalue weighted by molar-refractivity contribution is 5.04. The van der Waals surface area contributed by atoms with Crippen LogP contribution in [0.4, 0.5) is 0 Å². The van der Waals surface area contributed by atoms with Crippen LogP contribution in [0.25, 0.3) is 0 Å². The zero-order chi connectivity index (χ0) is 11.2. The molecule has 0 radical (unpaired) electrons. The van der Waals surface area contributed by atoms with E-state index in [1.807, 2.05) is 24.8 Å². The predicted molar refractivity (Wildman–Crippen MR) is 61.8 cm³/mol. The minimum atomic E-state index is 0.584. The highest BCUT2D eigenvalue weighted by Crippen LogP contribution is 2.01. The second kappa shape index (κ2) is 5.51. The van der Waals surface area contributed by atoms with E-state index in [1.165, 1.54) is 5.56 Å². The Labute approximate surface area is 95.3 Å². The third-order valence-electron chi connectivity index (χ3n) is 2.48. The van der Waals surface area contributed by atoms with E-state index in [9.17, 15) is 0 Å². The SMILES string of the molecule is CC(CNCc1ccoc1)Cn1ccnc1. The largest absolute Gasteiger partial charge is 0.472 e. The molecule has 0 aliphatic rings. The van der Waals surface area contributed by atoms with E-state index in [2.05, 4.69) is 21.8 Å². The first-order valence-corrected chi connectivity index (χ1v) is 5.52. The fraction of sp³-hybridized carbons (Fsp3) is 0.417. The monoisotopic (exact) mass is 219 g/mol. The molecule has 0 aliphatic carbocycles.